The summed E-state index contributed by atoms with van der Waals surface area (Å²) in [4.78, 5) is 18.5. The molecular formula is C22H16N2O3. The van der Waals surface area contributed by atoms with Crippen LogP contribution in [0, 0.1) is 0 Å². The summed E-state index contributed by atoms with van der Waals surface area (Å²) in [6, 6.07) is 19.2. The van der Waals surface area contributed by atoms with Crippen molar-refractivity contribution in [1.82, 2.24) is 4.98 Å². The second kappa shape index (κ2) is 6.29. The van der Waals surface area contributed by atoms with Crippen molar-refractivity contribution in [2.75, 3.05) is 11.6 Å². The van der Waals surface area contributed by atoms with E-state index in [-0.39, 0.29) is 5.63 Å². The zero-order chi connectivity index (χ0) is 18.2. The Balaban J connectivity index is 1.69. The van der Waals surface area contributed by atoms with Gasteiger partial charge in [-0.05, 0) is 35.4 Å². The highest BCUT2D eigenvalue weighted by molar-refractivity contribution is 5.96. The number of anilines is 1. The molecule has 132 valence electrons. The molecular weight excluding hydrogens is 340 g/mol. The largest absolute Gasteiger partial charge is 0.473 e. The van der Waals surface area contributed by atoms with Crippen molar-refractivity contribution >= 4 is 16.7 Å². The van der Waals surface area contributed by atoms with Gasteiger partial charge in [-0.15, -0.1) is 0 Å². The van der Waals surface area contributed by atoms with E-state index in [2.05, 4.69) is 9.88 Å². The average Bonchev–Trinajstić information content (AvgIpc) is 2.74. The van der Waals surface area contributed by atoms with E-state index in [1.807, 2.05) is 54.6 Å². The number of fused-ring (bicyclic) bond motifs is 3. The summed E-state index contributed by atoms with van der Waals surface area (Å²) in [5, 5.41) is 0.899. The van der Waals surface area contributed by atoms with Crippen LogP contribution in [0.4, 0.5) is 5.69 Å². The first kappa shape index (κ1) is 15.6. The predicted molar refractivity (Wildman–Crippen MR) is 104 cm³/mol. The Morgan fingerprint density at radius 3 is 2.70 bits per heavy atom. The van der Waals surface area contributed by atoms with E-state index < -0.39 is 0 Å². The van der Waals surface area contributed by atoms with E-state index in [0.717, 1.165) is 33.5 Å². The molecule has 5 nitrogen and oxygen atoms in total. The lowest BCUT2D eigenvalue weighted by atomic mass is 9.99. The Morgan fingerprint density at radius 2 is 1.89 bits per heavy atom. The summed E-state index contributed by atoms with van der Waals surface area (Å²) in [6.07, 6.45) is 3.54. The Morgan fingerprint density at radius 1 is 1.00 bits per heavy atom. The van der Waals surface area contributed by atoms with Gasteiger partial charge < -0.3 is 14.1 Å². The van der Waals surface area contributed by atoms with Crippen LogP contribution in [-0.4, -0.2) is 11.7 Å². The average molecular weight is 356 g/mol. The highest BCUT2D eigenvalue weighted by atomic mass is 16.5. The highest BCUT2D eigenvalue weighted by Gasteiger charge is 2.23. The Kier molecular flexibility index (Phi) is 3.64. The number of aromatic nitrogens is 1. The zero-order valence-electron chi connectivity index (χ0n) is 14.5. The van der Waals surface area contributed by atoms with Crippen LogP contribution in [0.1, 0.15) is 5.56 Å². The third-order valence-electron chi connectivity index (χ3n) is 4.79. The number of hydrogen-bond donors (Lipinski definition) is 0. The zero-order valence-corrected chi connectivity index (χ0v) is 14.5. The summed E-state index contributed by atoms with van der Waals surface area (Å²) >= 11 is 0. The van der Waals surface area contributed by atoms with E-state index >= 15 is 0 Å². The van der Waals surface area contributed by atoms with Crippen molar-refractivity contribution < 1.29 is 9.15 Å². The maximum absolute atomic E-state index is 12.3. The van der Waals surface area contributed by atoms with Gasteiger partial charge in [-0.25, -0.2) is 4.79 Å². The summed E-state index contributed by atoms with van der Waals surface area (Å²) in [5.74, 6) is 0.746. The van der Waals surface area contributed by atoms with Crippen LogP contribution < -0.4 is 15.3 Å². The van der Waals surface area contributed by atoms with E-state index in [9.17, 15) is 4.79 Å². The topological polar surface area (TPSA) is 55.6 Å². The van der Waals surface area contributed by atoms with Gasteiger partial charge in [0.1, 0.15) is 11.3 Å². The van der Waals surface area contributed by atoms with Crippen molar-refractivity contribution in [2.24, 2.45) is 0 Å². The molecule has 4 aromatic rings. The molecule has 0 amide bonds. The lowest BCUT2D eigenvalue weighted by molar-refractivity contribution is 0.289. The molecule has 0 N–H and O–H groups in total. The Bertz CT molecular complexity index is 1170. The first-order valence-electron chi connectivity index (χ1n) is 8.72. The van der Waals surface area contributed by atoms with Crippen LogP contribution in [0.15, 0.2) is 82.3 Å². The van der Waals surface area contributed by atoms with E-state index in [1.54, 1.807) is 18.5 Å². The smallest absolute Gasteiger partial charge is 0.336 e. The molecule has 0 saturated carbocycles. The van der Waals surface area contributed by atoms with Crippen LogP contribution in [0.25, 0.3) is 22.1 Å². The van der Waals surface area contributed by atoms with Crippen molar-refractivity contribution in [3.63, 3.8) is 0 Å². The molecule has 0 bridgehead atoms. The summed E-state index contributed by atoms with van der Waals surface area (Å²) < 4.78 is 11.5. The molecule has 5 heteroatoms. The monoisotopic (exact) mass is 356 g/mol. The van der Waals surface area contributed by atoms with Crippen molar-refractivity contribution in [1.29, 1.82) is 0 Å². The molecule has 0 fully saturated rings. The van der Waals surface area contributed by atoms with Gasteiger partial charge in [-0.3, -0.25) is 4.98 Å². The van der Waals surface area contributed by atoms with Gasteiger partial charge in [0.2, 0.25) is 0 Å². The number of benzene rings is 2. The van der Waals surface area contributed by atoms with Gasteiger partial charge in [0.25, 0.3) is 0 Å². The first-order valence-corrected chi connectivity index (χ1v) is 8.72. The van der Waals surface area contributed by atoms with Crippen LogP contribution in [0.2, 0.25) is 0 Å². The Hall–Kier alpha value is -3.60. The molecule has 5 rings (SSSR count). The fraction of sp³-hybridized carbons (Fsp3) is 0.0909. The van der Waals surface area contributed by atoms with Gasteiger partial charge in [-0.2, -0.15) is 0 Å². The molecule has 0 atom stereocenters. The summed E-state index contributed by atoms with van der Waals surface area (Å²) in [7, 11) is 0. The molecule has 1 aliphatic rings. The third-order valence-corrected chi connectivity index (χ3v) is 4.79. The van der Waals surface area contributed by atoms with Crippen molar-refractivity contribution in [3.8, 4) is 16.9 Å². The van der Waals surface area contributed by atoms with Crippen LogP contribution in [-0.2, 0) is 6.54 Å². The van der Waals surface area contributed by atoms with Crippen LogP contribution >= 0.6 is 0 Å². The number of nitrogens with zero attached hydrogens (tertiary/aromatic N) is 2. The molecule has 0 aliphatic carbocycles. The molecule has 0 unspecified atom stereocenters. The van der Waals surface area contributed by atoms with E-state index in [4.69, 9.17) is 9.15 Å². The van der Waals surface area contributed by atoms with E-state index in [1.165, 1.54) is 0 Å². The van der Waals surface area contributed by atoms with Gasteiger partial charge >= 0.3 is 5.63 Å². The minimum Gasteiger partial charge on any atom is -0.473 e. The lowest BCUT2D eigenvalue weighted by Crippen LogP contribution is -2.32. The molecule has 27 heavy (non-hydrogen) atoms. The van der Waals surface area contributed by atoms with Crippen LogP contribution in [0.3, 0.4) is 0 Å². The maximum atomic E-state index is 12.3. The Labute approximate surface area is 155 Å². The lowest BCUT2D eigenvalue weighted by Gasteiger charge is -2.30. The highest BCUT2D eigenvalue weighted by Crippen LogP contribution is 2.36. The molecule has 2 aromatic heterocycles. The number of pyridine rings is 1. The van der Waals surface area contributed by atoms with Gasteiger partial charge in [-0.1, -0.05) is 30.3 Å². The maximum Gasteiger partial charge on any atom is 0.336 e. The van der Waals surface area contributed by atoms with Gasteiger partial charge in [0, 0.05) is 17.6 Å². The van der Waals surface area contributed by atoms with Gasteiger partial charge in [0.05, 0.1) is 24.0 Å². The fourth-order valence-corrected chi connectivity index (χ4v) is 3.50. The van der Waals surface area contributed by atoms with Crippen LogP contribution in [0.5, 0.6) is 5.75 Å². The second-order valence-corrected chi connectivity index (χ2v) is 6.45. The minimum absolute atomic E-state index is 0.367. The normalized spacial score (nSPS) is 13.3. The molecule has 3 heterocycles. The number of ether oxygens (including phenoxy) is 1. The number of hydrogen-bond acceptors (Lipinski definition) is 5. The summed E-state index contributed by atoms with van der Waals surface area (Å²) in [5.41, 5.74) is 3.89. The number of rotatable bonds is 2. The van der Waals surface area contributed by atoms with Crippen molar-refractivity contribution in [3.05, 3.63) is 89.0 Å². The van der Waals surface area contributed by atoms with Gasteiger partial charge in [0.15, 0.2) is 6.73 Å². The first-order chi connectivity index (χ1) is 13.3. The molecule has 0 radical (unpaired) electrons. The fourth-order valence-electron chi connectivity index (χ4n) is 3.50. The minimum atomic E-state index is -0.367. The molecule has 0 saturated heterocycles. The van der Waals surface area contributed by atoms with Crippen molar-refractivity contribution in [2.45, 2.75) is 6.54 Å². The third kappa shape index (κ3) is 2.73. The predicted octanol–water partition coefficient (Wildman–Crippen LogP) is 4.21. The quantitative estimate of drug-likeness (QED) is 0.504. The standard InChI is InChI=1S/C22H16N2O3/c25-21-11-18(15-5-2-1-3-6-15)17-8-9-20-19(22(17)27-21)13-24(14-26-20)16-7-4-10-23-12-16/h1-12H,13-14H2. The van der Waals surface area contributed by atoms with E-state index in [0.29, 0.717) is 18.9 Å². The molecule has 2 aromatic carbocycles. The SMILES string of the molecule is O=c1cc(-c2ccccc2)c2ccc3c(c2o1)CN(c1cccnc1)CO3. The molecule has 1 aliphatic heterocycles. The summed E-state index contributed by atoms with van der Waals surface area (Å²) in [6.45, 7) is 1.01. The second-order valence-electron chi connectivity index (χ2n) is 6.45. The molecule has 0 spiro atoms.